The Bertz CT molecular complexity index is 1330. The molecule has 2 N–H and O–H groups in total. The highest BCUT2D eigenvalue weighted by atomic mass is 19.1. The van der Waals surface area contributed by atoms with E-state index in [1.54, 1.807) is 0 Å². The normalized spacial score (nSPS) is 19.1. The summed E-state index contributed by atoms with van der Waals surface area (Å²) in [5.74, 6) is -0.661. The second-order valence-electron chi connectivity index (χ2n) is 10.1. The van der Waals surface area contributed by atoms with E-state index in [1.807, 2.05) is 12.1 Å². The molecule has 0 bridgehead atoms. The van der Waals surface area contributed by atoms with E-state index in [1.165, 1.54) is 11.1 Å². The van der Waals surface area contributed by atoms with Crippen molar-refractivity contribution in [2.24, 2.45) is 5.92 Å². The largest absolute Gasteiger partial charge is 0.462 e. The number of benzene rings is 1. The quantitative estimate of drug-likeness (QED) is 0.337. The van der Waals surface area contributed by atoms with Crippen LogP contribution in [0.15, 0.2) is 42.7 Å². The minimum absolute atomic E-state index is 0.205. The zero-order chi connectivity index (χ0) is 25.9. The van der Waals surface area contributed by atoms with Crippen molar-refractivity contribution >= 4 is 22.8 Å². The molecule has 1 saturated heterocycles. The molecular formula is C28H33FN6O2. The predicted octanol–water partition coefficient (Wildman–Crippen LogP) is 3.91. The van der Waals surface area contributed by atoms with Gasteiger partial charge < -0.3 is 20.3 Å². The molecule has 1 fully saturated rings. The Morgan fingerprint density at radius 3 is 2.84 bits per heavy atom. The summed E-state index contributed by atoms with van der Waals surface area (Å²) in [4.78, 5) is 27.9. The van der Waals surface area contributed by atoms with E-state index < -0.39 is 11.7 Å². The number of carbonyl (C=O) groups excluding carboxylic acids is 1. The van der Waals surface area contributed by atoms with Crippen molar-refractivity contribution in [1.29, 1.82) is 0 Å². The topological polar surface area (TPSA) is 92.3 Å². The average molecular weight is 505 g/mol. The van der Waals surface area contributed by atoms with Crippen LogP contribution >= 0.6 is 0 Å². The van der Waals surface area contributed by atoms with Crippen LogP contribution in [0.2, 0.25) is 0 Å². The Morgan fingerprint density at radius 2 is 2.05 bits per heavy atom. The zero-order valence-corrected chi connectivity index (χ0v) is 21.4. The molecule has 0 spiro atoms. The lowest BCUT2D eigenvalue weighted by atomic mass is 10.00. The number of pyridine rings is 1. The number of hydrogen-bond donors (Lipinski definition) is 2. The van der Waals surface area contributed by atoms with E-state index in [4.69, 9.17) is 9.72 Å². The van der Waals surface area contributed by atoms with E-state index in [0.29, 0.717) is 36.6 Å². The number of fused-ring (bicyclic) bond motifs is 2. The van der Waals surface area contributed by atoms with Crippen LogP contribution in [0.25, 0.3) is 22.3 Å². The van der Waals surface area contributed by atoms with Crippen molar-refractivity contribution in [2.45, 2.75) is 38.6 Å². The number of aromatic nitrogens is 3. The maximum Gasteiger partial charge on any atom is 0.320 e. The van der Waals surface area contributed by atoms with Gasteiger partial charge in [0.2, 0.25) is 0 Å². The number of rotatable bonds is 9. The van der Waals surface area contributed by atoms with Crippen LogP contribution in [-0.2, 0) is 17.6 Å². The van der Waals surface area contributed by atoms with Gasteiger partial charge in [-0.25, -0.2) is 9.37 Å². The fourth-order valence-corrected chi connectivity index (χ4v) is 5.26. The third-order valence-electron chi connectivity index (χ3n) is 7.23. The van der Waals surface area contributed by atoms with Crippen LogP contribution in [0, 0.1) is 5.92 Å². The Hall–Kier alpha value is -3.59. The SMILES string of the molecule is C=C(F)C(=O)NCCNc1nc(OC[C@@H]2CCCN2C)nc2nc(-c3cccc4c3CC(C)C4)ccc12. The smallest absolute Gasteiger partial charge is 0.320 e. The standard InChI is InChI=1S/C28H33FN6O2/c1-17-14-19-6-4-8-21(23(19)15-17)24-10-9-22-25(30-11-12-31-27(36)18(2)29)33-28(34-26(22)32-24)37-16-20-7-5-13-35(20)3/h4,6,8-10,17,20H,2,5,7,11-16H2,1,3H3,(H,31,36)(H,30,32,33,34)/t17?,20-/m0/s1. The number of carbonyl (C=O) groups is 1. The van der Waals surface area contributed by atoms with Crippen molar-refractivity contribution < 1.29 is 13.9 Å². The van der Waals surface area contributed by atoms with Crippen molar-refractivity contribution in [3.8, 4) is 17.3 Å². The molecule has 3 heterocycles. The van der Waals surface area contributed by atoms with Crippen molar-refractivity contribution in [3.05, 3.63) is 53.9 Å². The van der Waals surface area contributed by atoms with Crippen molar-refractivity contribution in [3.63, 3.8) is 0 Å². The number of likely N-dealkylation sites (N-methyl/N-ethyl adjacent to an activating group) is 1. The number of halogens is 1. The molecule has 1 aromatic carbocycles. The molecule has 1 aliphatic heterocycles. The van der Waals surface area contributed by atoms with Gasteiger partial charge in [-0.3, -0.25) is 4.79 Å². The lowest BCUT2D eigenvalue weighted by molar-refractivity contribution is -0.118. The van der Waals surface area contributed by atoms with Crippen LogP contribution in [0.4, 0.5) is 10.2 Å². The molecule has 0 saturated carbocycles. The highest BCUT2D eigenvalue weighted by Gasteiger charge is 2.23. The van der Waals surface area contributed by atoms with Crippen LogP contribution < -0.4 is 15.4 Å². The molecule has 1 amide bonds. The molecule has 8 nitrogen and oxygen atoms in total. The highest BCUT2D eigenvalue weighted by Crippen LogP contribution is 2.35. The summed E-state index contributed by atoms with van der Waals surface area (Å²) in [6, 6.07) is 11.0. The van der Waals surface area contributed by atoms with E-state index in [2.05, 4.69) is 64.3 Å². The Morgan fingerprint density at radius 1 is 1.19 bits per heavy atom. The molecule has 2 aliphatic rings. The average Bonchev–Trinajstić information content (AvgIpc) is 3.48. The molecule has 37 heavy (non-hydrogen) atoms. The first-order valence-electron chi connectivity index (χ1n) is 12.9. The number of ether oxygens (including phenoxy) is 1. The second kappa shape index (κ2) is 10.8. The van der Waals surface area contributed by atoms with Gasteiger partial charge in [0.05, 0.1) is 11.1 Å². The van der Waals surface area contributed by atoms with Gasteiger partial charge in [-0.2, -0.15) is 9.97 Å². The first-order valence-corrected chi connectivity index (χ1v) is 12.9. The molecule has 2 aromatic heterocycles. The maximum atomic E-state index is 13.0. The van der Waals surface area contributed by atoms with E-state index in [0.717, 1.165) is 48.9 Å². The van der Waals surface area contributed by atoms with Crippen molar-refractivity contribution in [1.82, 2.24) is 25.2 Å². The first-order chi connectivity index (χ1) is 17.9. The van der Waals surface area contributed by atoms with Gasteiger partial charge in [0.25, 0.3) is 5.91 Å². The minimum atomic E-state index is -1.02. The Kier molecular flexibility index (Phi) is 7.32. The number of amides is 1. The first kappa shape index (κ1) is 25.1. The minimum Gasteiger partial charge on any atom is -0.462 e. The second-order valence-corrected chi connectivity index (χ2v) is 10.1. The summed E-state index contributed by atoms with van der Waals surface area (Å²) in [7, 11) is 2.10. The summed E-state index contributed by atoms with van der Waals surface area (Å²) < 4.78 is 19.0. The number of anilines is 1. The van der Waals surface area contributed by atoms with E-state index in [-0.39, 0.29) is 12.6 Å². The van der Waals surface area contributed by atoms with Gasteiger partial charge in [0.15, 0.2) is 11.5 Å². The number of nitrogens with one attached hydrogen (secondary N) is 2. The number of nitrogens with zero attached hydrogens (tertiary/aromatic N) is 4. The zero-order valence-electron chi connectivity index (χ0n) is 21.4. The number of hydrogen-bond acceptors (Lipinski definition) is 7. The van der Waals surface area contributed by atoms with Crippen LogP contribution in [0.3, 0.4) is 0 Å². The highest BCUT2D eigenvalue weighted by molar-refractivity contribution is 5.91. The van der Waals surface area contributed by atoms with E-state index >= 15 is 0 Å². The summed E-state index contributed by atoms with van der Waals surface area (Å²) in [5, 5.41) is 6.43. The molecule has 1 aliphatic carbocycles. The van der Waals surface area contributed by atoms with E-state index in [9.17, 15) is 9.18 Å². The molecule has 2 atom stereocenters. The summed E-state index contributed by atoms with van der Waals surface area (Å²) in [6.07, 6.45) is 4.36. The Labute approximate surface area is 216 Å². The number of likely N-dealkylation sites (tertiary alicyclic amines) is 1. The third kappa shape index (κ3) is 5.56. The third-order valence-corrected chi connectivity index (χ3v) is 7.23. The fraction of sp³-hybridized carbons (Fsp3) is 0.429. The van der Waals surface area contributed by atoms with Crippen LogP contribution in [-0.4, -0.2) is 65.1 Å². The lowest BCUT2D eigenvalue weighted by Gasteiger charge is -2.19. The van der Waals surface area contributed by atoms with Gasteiger partial charge in [0.1, 0.15) is 12.4 Å². The van der Waals surface area contributed by atoms with Gasteiger partial charge in [0, 0.05) is 24.7 Å². The molecular weight excluding hydrogens is 471 g/mol. The molecule has 1 unspecified atom stereocenters. The van der Waals surface area contributed by atoms with Crippen LogP contribution in [0.5, 0.6) is 6.01 Å². The Balaban J connectivity index is 1.43. The summed E-state index contributed by atoms with van der Waals surface area (Å²) in [5.41, 5.74) is 5.30. The molecule has 9 heteroatoms. The van der Waals surface area contributed by atoms with Crippen molar-refractivity contribution in [2.75, 3.05) is 38.6 Å². The summed E-state index contributed by atoms with van der Waals surface area (Å²) in [6.45, 7) is 7.39. The monoisotopic (exact) mass is 504 g/mol. The molecule has 0 radical (unpaired) electrons. The van der Waals surface area contributed by atoms with Gasteiger partial charge in [-0.15, -0.1) is 0 Å². The molecule has 194 valence electrons. The predicted molar refractivity (Wildman–Crippen MR) is 142 cm³/mol. The van der Waals surface area contributed by atoms with Gasteiger partial charge in [-0.1, -0.05) is 31.7 Å². The van der Waals surface area contributed by atoms with Crippen LogP contribution in [0.1, 0.15) is 30.9 Å². The van der Waals surface area contributed by atoms with Gasteiger partial charge in [-0.05, 0) is 68.5 Å². The molecule has 3 aromatic rings. The van der Waals surface area contributed by atoms with Gasteiger partial charge >= 0.3 is 6.01 Å². The fourth-order valence-electron chi connectivity index (χ4n) is 5.26. The maximum absolute atomic E-state index is 13.0. The lowest BCUT2D eigenvalue weighted by Crippen LogP contribution is -2.31. The summed E-state index contributed by atoms with van der Waals surface area (Å²) >= 11 is 0. The molecule has 5 rings (SSSR count).